The molecular formula is C16H22N4S. The largest absolute Gasteiger partial charge is 0.332 e. The Kier molecular flexibility index (Phi) is 5.33. The number of hydrogen-bond donors (Lipinski definition) is 2. The number of unbranched alkanes of at least 4 members (excludes halogenated alkanes) is 1. The van der Waals surface area contributed by atoms with Gasteiger partial charge in [-0.05, 0) is 49.7 Å². The summed E-state index contributed by atoms with van der Waals surface area (Å²) in [4.78, 5) is 0. The minimum atomic E-state index is 0.576. The lowest BCUT2D eigenvalue weighted by atomic mass is 10.1. The zero-order valence-corrected chi connectivity index (χ0v) is 13.6. The molecule has 5 heteroatoms. The molecule has 4 nitrogen and oxygen atoms in total. The highest BCUT2D eigenvalue weighted by molar-refractivity contribution is 7.80. The number of thiocarbonyl (C=S) groups is 1. The van der Waals surface area contributed by atoms with Crippen molar-refractivity contribution in [2.24, 2.45) is 7.05 Å². The van der Waals surface area contributed by atoms with Crippen LogP contribution in [0.25, 0.3) is 0 Å². The Morgan fingerprint density at radius 2 is 1.95 bits per heavy atom. The first-order valence-electron chi connectivity index (χ1n) is 7.25. The van der Waals surface area contributed by atoms with E-state index < -0.39 is 0 Å². The Labute approximate surface area is 131 Å². The van der Waals surface area contributed by atoms with Crippen LogP contribution in [0.15, 0.2) is 30.5 Å². The van der Waals surface area contributed by atoms with Gasteiger partial charge in [-0.2, -0.15) is 5.10 Å². The predicted octanol–water partition coefficient (Wildman–Crippen LogP) is 3.88. The first kappa shape index (κ1) is 15.5. The molecule has 1 heterocycles. The molecule has 0 fully saturated rings. The summed E-state index contributed by atoms with van der Waals surface area (Å²) < 4.78 is 1.81. The maximum absolute atomic E-state index is 5.33. The molecule has 1 aromatic heterocycles. The van der Waals surface area contributed by atoms with Gasteiger partial charge in [0.1, 0.15) is 0 Å². The monoisotopic (exact) mass is 302 g/mol. The van der Waals surface area contributed by atoms with Crippen molar-refractivity contribution in [2.45, 2.75) is 33.1 Å². The minimum Gasteiger partial charge on any atom is -0.332 e. The van der Waals surface area contributed by atoms with Crippen LogP contribution in [0, 0.1) is 6.92 Å². The van der Waals surface area contributed by atoms with Crippen molar-refractivity contribution in [1.82, 2.24) is 9.78 Å². The van der Waals surface area contributed by atoms with Crippen LogP contribution in [-0.4, -0.2) is 14.9 Å². The number of nitrogens with zero attached hydrogens (tertiary/aromatic N) is 2. The van der Waals surface area contributed by atoms with Crippen molar-refractivity contribution in [3.05, 3.63) is 41.7 Å². The van der Waals surface area contributed by atoms with Crippen LogP contribution < -0.4 is 10.6 Å². The van der Waals surface area contributed by atoms with Crippen molar-refractivity contribution in [3.63, 3.8) is 0 Å². The smallest absolute Gasteiger partial charge is 0.175 e. The van der Waals surface area contributed by atoms with E-state index in [0.29, 0.717) is 5.11 Å². The van der Waals surface area contributed by atoms with Crippen LogP contribution in [0.1, 0.15) is 31.0 Å². The molecular weight excluding hydrogens is 280 g/mol. The van der Waals surface area contributed by atoms with E-state index in [1.165, 1.54) is 18.4 Å². The molecule has 1 aromatic carbocycles. The van der Waals surface area contributed by atoms with Gasteiger partial charge in [0.15, 0.2) is 5.11 Å². The van der Waals surface area contributed by atoms with Crippen LogP contribution >= 0.6 is 12.2 Å². The molecule has 0 bridgehead atoms. The van der Waals surface area contributed by atoms with Crippen molar-refractivity contribution in [2.75, 3.05) is 10.6 Å². The lowest BCUT2D eigenvalue weighted by Gasteiger charge is -2.10. The van der Waals surface area contributed by atoms with Gasteiger partial charge in [0.2, 0.25) is 0 Å². The Morgan fingerprint density at radius 3 is 2.52 bits per heavy atom. The predicted molar refractivity (Wildman–Crippen MR) is 92.8 cm³/mol. The summed E-state index contributed by atoms with van der Waals surface area (Å²) in [5.41, 5.74) is 4.34. The van der Waals surface area contributed by atoms with Gasteiger partial charge in [-0.1, -0.05) is 25.5 Å². The second-order valence-corrected chi connectivity index (χ2v) is 5.56. The molecule has 21 heavy (non-hydrogen) atoms. The molecule has 0 atom stereocenters. The van der Waals surface area contributed by atoms with Gasteiger partial charge >= 0.3 is 0 Å². The normalized spacial score (nSPS) is 10.4. The summed E-state index contributed by atoms with van der Waals surface area (Å²) >= 11 is 5.33. The van der Waals surface area contributed by atoms with Gasteiger partial charge in [-0.15, -0.1) is 0 Å². The molecule has 0 aliphatic heterocycles. The van der Waals surface area contributed by atoms with Crippen LogP contribution in [-0.2, 0) is 13.5 Å². The van der Waals surface area contributed by atoms with E-state index in [2.05, 4.69) is 46.9 Å². The van der Waals surface area contributed by atoms with Crippen molar-refractivity contribution < 1.29 is 0 Å². The minimum absolute atomic E-state index is 0.576. The lowest BCUT2D eigenvalue weighted by Crippen LogP contribution is -2.19. The van der Waals surface area contributed by atoms with E-state index >= 15 is 0 Å². The molecule has 0 spiro atoms. The molecule has 0 saturated carbocycles. The van der Waals surface area contributed by atoms with E-state index in [-0.39, 0.29) is 0 Å². The lowest BCUT2D eigenvalue weighted by molar-refractivity contribution is 0.740. The number of hydrogen-bond acceptors (Lipinski definition) is 2. The molecule has 0 saturated heterocycles. The van der Waals surface area contributed by atoms with Gasteiger partial charge < -0.3 is 10.6 Å². The van der Waals surface area contributed by atoms with Gasteiger partial charge in [0.25, 0.3) is 0 Å². The summed E-state index contributed by atoms with van der Waals surface area (Å²) in [5, 5.41) is 11.1. The average Bonchev–Trinajstić information content (AvgIpc) is 2.78. The quantitative estimate of drug-likeness (QED) is 0.823. The number of anilines is 2. The van der Waals surface area contributed by atoms with Crippen LogP contribution in [0.3, 0.4) is 0 Å². The highest BCUT2D eigenvalue weighted by Crippen LogP contribution is 2.15. The van der Waals surface area contributed by atoms with Gasteiger partial charge in [-0.25, -0.2) is 0 Å². The molecule has 0 radical (unpaired) electrons. The molecule has 112 valence electrons. The summed E-state index contributed by atoms with van der Waals surface area (Å²) in [5.74, 6) is 0. The fourth-order valence-electron chi connectivity index (χ4n) is 2.04. The van der Waals surface area contributed by atoms with E-state index in [9.17, 15) is 0 Å². The third-order valence-corrected chi connectivity index (χ3v) is 3.72. The maximum atomic E-state index is 5.33. The third kappa shape index (κ3) is 4.29. The third-order valence-electron chi connectivity index (χ3n) is 3.51. The topological polar surface area (TPSA) is 41.9 Å². The number of aryl methyl sites for hydroxylation is 2. The molecule has 0 amide bonds. The Hall–Kier alpha value is -1.88. The molecule has 0 aliphatic carbocycles. The second-order valence-electron chi connectivity index (χ2n) is 5.15. The number of nitrogens with one attached hydrogen (secondary N) is 2. The first-order chi connectivity index (χ1) is 10.1. The fourth-order valence-corrected chi connectivity index (χ4v) is 2.27. The molecule has 2 aromatic rings. The maximum Gasteiger partial charge on any atom is 0.175 e. The van der Waals surface area contributed by atoms with Crippen molar-refractivity contribution in [3.8, 4) is 0 Å². The van der Waals surface area contributed by atoms with E-state index in [1.807, 2.05) is 18.7 Å². The first-order valence-corrected chi connectivity index (χ1v) is 7.66. The van der Waals surface area contributed by atoms with Gasteiger partial charge in [-0.3, -0.25) is 4.68 Å². The highest BCUT2D eigenvalue weighted by Gasteiger charge is 2.05. The number of aromatic nitrogens is 2. The molecule has 2 N–H and O–H groups in total. The van der Waals surface area contributed by atoms with E-state index in [4.69, 9.17) is 12.2 Å². The Bertz CT molecular complexity index is 601. The number of benzene rings is 1. The average molecular weight is 302 g/mol. The van der Waals surface area contributed by atoms with Crippen LogP contribution in [0.5, 0.6) is 0 Å². The fraction of sp³-hybridized carbons (Fsp3) is 0.375. The van der Waals surface area contributed by atoms with E-state index in [1.54, 1.807) is 6.20 Å². The van der Waals surface area contributed by atoms with E-state index in [0.717, 1.165) is 23.5 Å². The summed E-state index contributed by atoms with van der Waals surface area (Å²) in [6, 6.07) is 8.43. The summed E-state index contributed by atoms with van der Waals surface area (Å²) in [6.45, 7) is 4.21. The van der Waals surface area contributed by atoms with Crippen LogP contribution in [0.4, 0.5) is 11.4 Å². The summed E-state index contributed by atoms with van der Waals surface area (Å²) in [6.07, 6.45) is 5.36. The molecule has 0 aliphatic rings. The number of rotatable bonds is 5. The SMILES string of the molecule is CCCCc1ccc(NC(=S)Nc2cnn(C)c2C)cc1. The molecule has 2 rings (SSSR count). The van der Waals surface area contributed by atoms with Gasteiger partial charge in [0, 0.05) is 12.7 Å². The highest BCUT2D eigenvalue weighted by atomic mass is 32.1. The Morgan fingerprint density at radius 1 is 1.24 bits per heavy atom. The Balaban J connectivity index is 1.92. The standard InChI is InChI=1S/C16H22N4S/c1-4-5-6-13-7-9-14(10-8-13)18-16(21)19-15-11-17-20(3)12(15)2/h7-11H,4-6H2,1-3H3,(H2,18,19,21). The summed E-state index contributed by atoms with van der Waals surface area (Å²) in [7, 11) is 1.91. The zero-order valence-electron chi connectivity index (χ0n) is 12.8. The van der Waals surface area contributed by atoms with Crippen molar-refractivity contribution >= 4 is 28.7 Å². The van der Waals surface area contributed by atoms with Gasteiger partial charge in [0.05, 0.1) is 17.6 Å². The van der Waals surface area contributed by atoms with Crippen molar-refractivity contribution in [1.29, 1.82) is 0 Å². The molecule has 0 unspecified atom stereocenters. The van der Waals surface area contributed by atoms with Crippen LogP contribution in [0.2, 0.25) is 0 Å². The zero-order chi connectivity index (χ0) is 15.2. The second kappa shape index (κ2) is 7.22.